The SMILES string of the molecule is CBC1CC(SC2C=C(Br)C(OCC)C(Br)C2)C=C(Br)[C@]1(C)O. The van der Waals surface area contributed by atoms with Gasteiger partial charge in [0.15, 0.2) is 0 Å². The van der Waals surface area contributed by atoms with Crippen LogP contribution in [0.2, 0.25) is 12.6 Å². The van der Waals surface area contributed by atoms with Crippen molar-refractivity contribution in [1.29, 1.82) is 0 Å². The third kappa shape index (κ3) is 4.91. The molecule has 0 amide bonds. The molecule has 0 aromatic carbocycles. The minimum atomic E-state index is -0.729. The number of halogens is 3. The Morgan fingerprint density at radius 3 is 2.57 bits per heavy atom. The van der Waals surface area contributed by atoms with E-state index in [1.165, 1.54) is 0 Å². The first-order valence-corrected chi connectivity index (χ1v) is 11.6. The second kappa shape index (κ2) is 8.76. The van der Waals surface area contributed by atoms with Gasteiger partial charge < -0.3 is 9.84 Å². The lowest BCUT2D eigenvalue weighted by atomic mass is 9.56. The van der Waals surface area contributed by atoms with Crippen LogP contribution in [-0.4, -0.2) is 46.0 Å². The van der Waals surface area contributed by atoms with Gasteiger partial charge in [-0.15, -0.1) is 11.8 Å². The average Bonchev–Trinajstić information content (AvgIpc) is 2.46. The molecule has 0 aliphatic heterocycles. The zero-order chi connectivity index (χ0) is 17.2. The van der Waals surface area contributed by atoms with Crippen molar-refractivity contribution in [3.63, 3.8) is 0 Å². The van der Waals surface area contributed by atoms with E-state index in [1.807, 2.05) is 25.6 Å². The maximum atomic E-state index is 10.6. The van der Waals surface area contributed by atoms with Crippen molar-refractivity contribution in [2.75, 3.05) is 6.61 Å². The lowest BCUT2D eigenvalue weighted by Crippen LogP contribution is -2.39. The van der Waals surface area contributed by atoms with Crippen molar-refractivity contribution < 1.29 is 9.84 Å². The summed E-state index contributed by atoms with van der Waals surface area (Å²) in [5, 5.41) is 11.5. The molecule has 1 N–H and O–H groups in total. The van der Waals surface area contributed by atoms with Crippen LogP contribution in [0.4, 0.5) is 0 Å². The quantitative estimate of drug-likeness (QED) is 0.400. The Kier molecular flexibility index (Phi) is 7.84. The molecule has 0 saturated carbocycles. The topological polar surface area (TPSA) is 29.5 Å². The van der Waals surface area contributed by atoms with Crippen molar-refractivity contribution in [3.05, 3.63) is 21.1 Å². The summed E-state index contributed by atoms with van der Waals surface area (Å²) in [5.74, 6) is 0.298. The van der Waals surface area contributed by atoms with E-state index >= 15 is 0 Å². The van der Waals surface area contributed by atoms with Crippen LogP contribution >= 0.6 is 59.6 Å². The molecule has 6 atom stereocenters. The van der Waals surface area contributed by atoms with Gasteiger partial charge in [0.05, 0.1) is 5.60 Å². The predicted molar refractivity (Wildman–Crippen MR) is 114 cm³/mol. The predicted octanol–water partition coefficient (Wildman–Crippen LogP) is 5.01. The first-order chi connectivity index (χ1) is 10.8. The van der Waals surface area contributed by atoms with E-state index in [1.54, 1.807) is 0 Å². The summed E-state index contributed by atoms with van der Waals surface area (Å²) in [6.07, 6.45) is 6.68. The Morgan fingerprint density at radius 2 is 2.00 bits per heavy atom. The fourth-order valence-corrected chi connectivity index (χ4v) is 8.06. The van der Waals surface area contributed by atoms with Gasteiger partial charge in [0.1, 0.15) is 13.4 Å². The van der Waals surface area contributed by atoms with Crippen molar-refractivity contribution in [1.82, 2.24) is 0 Å². The average molecular weight is 531 g/mol. The van der Waals surface area contributed by atoms with Crippen LogP contribution in [0.25, 0.3) is 0 Å². The fraction of sp³-hybridized carbons (Fsp3) is 0.750. The molecular weight excluding hydrogens is 507 g/mol. The van der Waals surface area contributed by atoms with E-state index in [-0.39, 0.29) is 6.10 Å². The minimum Gasteiger partial charge on any atom is -0.385 e. The van der Waals surface area contributed by atoms with Crippen LogP contribution in [-0.2, 0) is 4.74 Å². The fourth-order valence-electron chi connectivity index (χ4n) is 3.31. The van der Waals surface area contributed by atoms with Crippen LogP contribution in [0.3, 0.4) is 0 Å². The van der Waals surface area contributed by atoms with Crippen molar-refractivity contribution >= 4 is 66.8 Å². The van der Waals surface area contributed by atoms with Crippen LogP contribution in [0.5, 0.6) is 0 Å². The molecular formula is C16H24BBr3O2S. The van der Waals surface area contributed by atoms with Crippen molar-refractivity contribution in [3.8, 4) is 0 Å². The lowest BCUT2D eigenvalue weighted by Gasteiger charge is -2.40. The second-order valence-corrected chi connectivity index (χ2v) is 10.8. The number of hydrogen-bond donors (Lipinski definition) is 1. The molecule has 0 fully saturated rings. The molecule has 2 nitrogen and oxygen atoms in total. The van der Waals surface area contributed by atoms with E-state index in [2.05, 4.69) is 66.8 Å². The van der Waals surface area contributed by atoms with Crippen LogP contribution in [0, 0.1) is 0 Å². The molecule has 0 saturated heterocycles. The first-order valence-electron chi connectivity index (χ1n) is 8.18. The Hall–Kier alpha value is 1.25. The van der Waals surface area contributed by atoms with E-state index < -0.39 is 5.60 Å². The highest BCUT2D eigenvalue weighted by atomic mass is 79.9. The number of hydrogen-bond acceptors (Lipinski definition) is 3. The van der Waals surface area contributed by atoms with Gasteiger partial charge in [-0.3, -0.25) is 0 Å². The molecule has 5 unspecified atom stereocenters. The molecule has 7 heteroatoms. The van der Waals surface area contributed by atoms with Gasteiger partial charge in [-0.1, -0.05) is 66.8 Å². The number of rotatable bonds is 5. The Bertz CT molecular complexity index is 484. The molecule has 0 bridgehead atoms. The molecule has 0 spiro atoms. The largest absolute Gasteiger partial charge is 0.385 e. The van der Waals surface area contributed by atoms with E-state index in [4.69, 9.17) is 4.74 Å². The zero-order valence-corrected chi connectivity index (χ0v) is 19.3. The van der Waals surface area contributed by atoms with Gasteiger partial charge in [-0.25, -0.2) is 0 Å². The number of ether oxygens (including phenoxy) is 1. The van der Waals surface area contributed by atoms with Gasteiger partial charge >= 0.3 is 0 Å². The molecule has 0 aromatic rings. The Labute approximate surface area is 169 Å². The molecule has 0 heterocycles. The summed E-state index contributed by atoms with van der Waals surface area (Å²) in [7, 11) is 0.991. The van der Waals surface area contributed by atoms with E-state index in [0.717, 1.165) is 35.7 Å². The van der Waals surface area contributed by atoms with Gasteiger partial charge in [0.25, 0.3) is 0 Å². The Balaban J connectivity index is 2.07. The maximum absolute atomic E-state index is 10.6. The van der Waals surface area contributed by atoms with Crippen molar-refractivity contribution in [2.24, 2.45) is 0 Å². The zero-order valence-electron chi connectivity index (χ0n) is 13.8. The van der Waals surface area contributed by atoms with Gasteiger partial charge in [-0.05, 0) is 32.5 Å². The summed E-state index contributed by atoms with van der Waals surface area (Å²) in [4.78, 5) is 0.334. The maximum Gasteiger partial charge on any atom is 0.125 e. The number of aliphatic hydroxyl groups is 1. The van der Waals surface area contributed by atoms with Gasteiger partial charge in [0, 0.05) is 30.9 Å². The second-order valence-electron chi connectivity index (χ2n) is 6.40. The molecule has 130 valence electrons. The van der Waals surface area contributed by atoms with Crippen molar-refractivity contribution in [2.45, 2.75) is 66.4 Å². The monoisotopic (exact) mass is 528 g/mol. The van der Waals surface area contributed by atoms with Crippen LogP contribution in [0.15, 0.2) is 21.1 Å². The number of alkyl halides is 1. The molecule has 2 aliphatic carbocycles. The molecule has 23 heavy (non-hydrogen) atoms. The minimum absolute atomic E-state index is 0.120. The van der Waals surface area contributed by atoms with E-state index in [0.29, 0.717) is 21.1 Å². The third-order valence-electron chi connectivity index (χ3n) is 4.72. The van der Waals surface area contributed by atoms with E-state index in [9.17, 15) is 5.11 Å². The Morgan fingerprint density at radius 1 is 1.35 bits per heavy atom. The van der Waals surface area contributed by atoms with Gasteiger partial charge in [0.2, 0.25) is 0 Å². The molecule has 0 aromatic heterocycles. The molecule has 0 radical (unpaired) electrons. The summed E-state index contributed by atoms with van der Waals surface area (Å²) in [6, 6.07) is 0. The van der Waals surface area contributed by atoms with Gasteiger partial charge in [-0.2, -0.15) is 0 Å². The summed E-state index contributed by atoms with van der Waals surface area (Å²) >= 11 is 13.0. The molecule has 2 aliphatic rings. The highest BCUT2D eigenvalue weighted by Crippen LogP contribution is 2.46. The highest BCUT2D eigenvalue weighted by molar-refractivity contribution is 9.12. The summed E-state index contributed by atoms with van der Waals surface area (Å²) in [6.45, 7) is 6.83. The summed E-state index contributed by atoms with van der Waals surface area (Å²) in [5.41, 5.74) is -0.729. The van der Waals surface area contributed by atoms with Crippen LogP contribution < -0.4 is 0 Å². The number of thioether (sulfide) groups is 1. The standard InChI is InChI=1S/C16H24BBr3O2S/c1-4-22-15-11(18)5-9(6-12(15)19)23-10-7-13(17-3)16(2,21)14(20)8-10/h5,8-10,12-13,15,17,21H,4,6-7H2,1-3H3/t9?,10?,12?,13?,15?,16-/m1/s1. The molecule has 2 rings (SSSR count). The summed E-state index contributed by atoms with van der Waals surface area (Å²) < 4.78 is 7.87. The smallest absolute Gasteiger partial charge is 0.125 e. The van der Waals surface area contributed by atoms with Crippen LogP contribution in [0.1, 0.15) is 26.7 Å². The normalized spacial score (nSPS) is 41.3. The highest BCUT2D eigenvalue weighted by Gasteiger charge is 2.40. The first kappa shape index (κ1) is 20.6. The third-order valence-corrected chi connectivity index (χ3v) is 8.71. The lowest BCUT2D eigenvalue weighted by molar-refractivity contribution is 0.0897.